The monoisotopic (exact) mass is 411 g/mol. The zero-order valence-electron chi connectivity index (χ0n) is 16.9. The van der Waals surface area contributed by atoms with Crippen molar-refractivity contribution in [3.63, 3.8) is 0 Å². The van der Waals surface area contributed by atoms with Gasteiger partial charge in [0.2, 0.25) is 10.0 Å². The molecule has 0 radical (unpaired) electrons. The molecule has 1 aliphatic rings. The molecule has 1 saturated heterocycles. The number of sulfonamides is 1. The van der Waals surface area contributed by atoms with Gasteiger partial charge in [0, 0.05) is 18.7 Å². The number of piperidine rings is 1. The van der Waals surface area contributed by atoms with E-state index in [4.69, 9.17) is 0 Å². The lowest BCUT2D eigenvalue weighted by Crippen LogP contribution is -2.39. The van der Waals surface area contributed by atoms with Crippen LogP contribution in [0.1, 0.15) is 31.2 Å². The van der Waals surface area contributed by atoms with E-state index in [1.165, 1.54) is 0 Å². The van der Waals surface area contributed by atoms with Crippen LogP contribution < -0.4 is 0 Å². The molecule has 29 heavy (non-hydrogen) atoms. The van der Waals surface area contributed by atoms with E-state index in [1.807, 2.05) is 42.5 Å². The van der Waals surface area contributed by atoms with Crippen molar-refractivity contribution in [1.29, 1.82) is 0 Å². The Morgan fingerprint density at radius 1 is 1.03 bits per heavy atom. The fraction of sp³-hybridized carbons (Fsp3) is 0.381. The van der Waals surface area contributed by atoms with Gasteiger partial charge in [-0.2, -0.15) is 9.40 Å². The summed E-state index contributed by atoms with van der Waals surface area (Å²) in [6.07, 6.45) is 1.95. The Kier molecular flexibility index (Phi) is 5.23. The summed E-state index contributed by atoms with van der Waals surface area (Å²) in [7, 11) is -3.59. The van der Waals surface area contributed by atoms with Gasteiger partial charge >= 0.3 is 0 Å². The normalized spacial score (nSPS) is 18.1. The molecule has 8 heteroatoms. The minimum atomic E-state index is -3.59. The van der Waals surface area contributed by atoms with Gasteiger partial charge in [0.15, 0.2) is 5.82 Å². The first-order chi connectivity index (χ1) is 13.9. The molecule has 0 saturated carbocycles. The van der Waals surface area contributed by atoms with Crippen LogP contribution in [-0.4, -0.2) is 45.8 Å². The van der Waals surface area contributed by atoms with Gasteiger partial charge in [-0.25, -0.2) is 13.1 Å². The second-order valence-electron chi connectivity index (χ2n) is 7.66. The molecule has 0 bridgehead atoms. The van der Waals surface area contributed by atoms with Gasteiger partial charge in [0.1, 0.15) is 4.90 Å². The van der Waals surface area contributed by atoms with Gasteiger partial charge in [0.05, 0.1) is 17.1 Å². The number of hydrogen-bond donors (Lipinski definition) is 0. The average molecular weight is 412 g/mol. The number of hydrogen-bond acceptors (Lipinski definition) is 5. The minimum absolute atomic E-state index is 0.278. The van der Waals surface area contributed by atoms with Crippen molar-refractivity contribution in [2.24, 2.45) is 5.92 Å². The van der Waals surface area contributed by atoms with Gasteiger partial charge in [-0.3, -0.25) is 0 Å². The van der Waals surface area contributed by atoms with Crippen molar-refractivity contribution in [2.75, 3.05) is 13.1 Å². The average Bonchev–Trinajstić information content (AvgIpc) is 3.03. The maximum atomic E-state index is 13.3. The van der Waals surface area contributed by atoms with Crippen LogP contribution >= 0.6 is 0 Å². The van der Waals surface area contributed by atoms with Crippen LogP contribution in [0.2, 0.25) is 0 Å². The Morgan fingerprint density at radius 3 is 2.45 bits per heavy atom. The molecule has 2 aromatic heterocycles. The molecule has 3 heterocycles. The van der Waals surface area contributed by atoms with Crippen LogP contribution in [0, 0.1) is 19.8 Å². The molecule has 7 nitrogen and oxygen atoms in total. The largest absolute Gasteiger partial charge is 0.246 e. The Hall–Kier alpha value is -2.58. The summed E-state index contributed by atoms with van der Waals surface area (Å²) < 4.78 is 29.7. The predicted octanol–water partition coefficient (Wildman–Crippen LogP) is 3.37. The highest BCUT2D eigenvalue weighted by atomic mass is 32.2. The topological polar surface area (TPSA) is 81.0 Å². The summed E-state index contributed by atoms with van der Waals surface area (Å²) >= 11 is 0. The maximum absolute atomic E-state index is 13.3. The molecule has 4 rings (SSSR count). The molecule has 1 fully saturated rings. The van der Waals surface area contributed by atoms with Gasteiger partial charge in [-0.05, 0) is 44.7 Å². The van der Waals surface area contributed by atoms with Gasteiger partial charge in [0.25, 0.3) is 0 Å². The molecule has 0 aliphatic carbocycles. The maximum Gasteiger partial charge on any atom is 0.246 e. The second-order valence-corrected chi connectivity index (χ2v) is 9.54. The fourth-order valence-electron chi connectivity index (χ4n) is 3.92. The summed E-state index contributed by atoms with van der Waals surface area (Å²) in [5.41, 5.74) is 2.77. The van der Waals surface area contributed by atoms with Gasteiger partial charge in [-0.1, -0.05) is 37.3 Å². The van der Waals surface area contributed by atoms with E-state index in [1.54, 1.807) is 22.8 Å². The van der Waals surface area contributed by atoms with Crippen molar-refractivity contribution < 1.29 is 8.42 Å². The quantitative estimate of drug-likeness (QED) is 0.657. The summed E-state index contributed by atoms with van der Waals surface area (Å²) in [6.45, 7) is 6.71. The van der Waals surface area contributed by atoms with E-state index in [-0.39, 0.29) is 4.90 Å². The molecular formula is C21H25N5O2S. The van der Waals surface area contributed by atoms with Crippen molar-refractivity contribution in [1.82, 2.24) is 24.3 Å². The van der Waals surface area contributed by atoms with Crippen LogP contribution in [0.5, 0.6) is 0 Å². The van der Waals surface area contributed by atoms with Crippen molar-refractivity contribution in [3.8, 4) is 17.1 Å². The third-order valence-corrected chi connectivity index (χ3v) is 7.50. The van der Waals surface area contributed by atoms with Crippen molar-refractivity contribution in [3.05, 3.63) is 53.9 Å². The summed E-state index contributed by atoms with van der Waals surface area (Å²) in [4.78, 5) is 0.278. The van der Waals surface area contributed by atoms with Crippen LogP contribution in [0.15, 0.2) is 47.4 Å². The van der Waals surface area contributed by atoms with E-state index < -0.39 is 10.0 Å². The third kappa shape index (κ3) is 3.70. The highest BCUT2D eigenvalue weighted by molar-refractivity contribution is 7.89. The van der Waals surface area contributed by atoms with E-state index in [0.29, 0.717) is 36.2 Å². The lowest BCUT2D eigenvalue weighted by Gasteiger charge is -2.30. The molecule has 0 spiro atoms. The summed E-state index contributed by atoms with van der Waals surface area (Å²) in [5, 5.41) is 13.1. The number of rotatable bonds is 4. The molecule has 1 aliphatic heterocycles. The molecular weight excluding hydrogens is 386 g/mol. The third-order valence-electron chi connectivity index (χ3n) is 5.38. The fourth-order valence-corrected chi connectivity index (χ4v) is 5.87. The standard InChI is InChI=1S/C21H25N5O2S/c1-15-8-7-13-25(14-15)29(27,28)21-16(2)24-26(17(21)3)20-12-11-19(22-23-20)18-9-5-4-6-10-18/h4-6,9-12,15H,7-8,13-14H2,1-3H3/t15-/m0/s1. The highest BCUT2D eigenvalue weighted by Crippen LogP contribution is 2.28. The number of aryl methyl sites for hydroxylation is 1. The zero-order valence-corrected chi connectivity index (χ0v) is 17.7. The van der Waals surface area contributed by atoms with Crippen LogP contribution in [0.25, 0.3) is 17.1 Å². The first kappa shape index (κ1) is 19.7. The highest BCUT2D eigenvalue weighted by Gasteiger charge is 2.33. The van der Waals surface area contributed by atoms with Gasteiger partial charge < -0.3 is 0 Å². The van der Waals surface area contributed by atoms with Crippen LogP contribution in [-0.2, 0) is 10.0 Å². The number of nitrogens with zero attached hydrogens (tertiary/aromatic N) is 5. The molecule has 152 valence electrons. The Balaban J connectivity index is 1.69. The smallest absolute Gasteiger partial charge is 0.216 e. The molecule has 3 aromatic rings. The van der Waals surface area contributed by atoms with Crippen LogP contribution in [0.4, 0.5) is 0 Å². The minimum Gasteiger partial charge on any atom is -0.216 e. The molecule has 0 unspecified atom stereocenters. The lowest BCUT2D eigenvalue weighted by molar-refractivity contribution is 0.281. The Bertz CT molecular complexity index is 1110. The van der Waals surface area contributed by atoms with E-state index in [9.17, 15) is 8.42 Å². The predicted molar refractivity (Wildman–Crippen MR) is 111 cm³/mol. The first-order valence-electron chi connectivity index (χ1n) is 9.84. The number of aromatic nitrogens is 4. The van der Waals surface area contributed by atoms with Gasteiger partial charge in [-0.15, -0.1) is 10.2 Å². The summed E-state index contributed by atoms with van der Waals surface area (Å²) in [5.74, 6) is 0.865. The zero-order chi connectivity index (χ0) is 20.6. The number of benzene rings is 1. The Morgan fingerprint density at radius 2 is 1.79 bits per heavy atom. The van der Waals surface area contributed by atoms with E-state index in [2.05, 4.69) is 22.2 Å². The van der Waals surface area contributed by atoms with Crippen molar-refractivity contribution in [2.45, 2.75) is 38.5 Å². The molecule has 1 atom stereocenters. The van der Waals surface area contributed by atoms with Crippen molar-refractivity contribution >= 4 is 10.0 Å². The summed E-state index contributed by atoms with van der Waals surface area (Å²) in [6, 6.07) is 13.5. The first-order valence-corrected chi connectivity index (χ1v) is 11.3. The molecule has 1 aromatic carbocycles. The second kappa shape index (κ2) is 7.68. The molecule has 0 N–H and O–H groups in total. The molecule has 0 amide bonds. The Labute approximate surface area is 171 Å². The lowest BCUT2D eigenvalue weighted by atomic mass is 10.0. The van der Waals surface area contributed by atoms with Crippen LogP contribution in [0.3, 0.4) is 0 Å². The van der Waals surface area contributed by atoms with E-state index >= 15 is 0 Å². The van der Waals surface area contributed by atoms with E-state index in [0.717, 1.165) is 24.1 Å². The SMILES string of the molecule is Cc1nn(-c2ccc(-c3ccccc3)nn2)c(C)c1S(=O)(=O)N1CCC[C@H](C)C1.